The minimum atomic E-state index is 0.486. The molecular weight excluding hydrogens is 436 g/mol. The predicted molar refractivity (Wildman–Crippen MR) is 143 cm³/mol. The Bertz CT molecular complexity index is 908. The number of methoxy groups -OCH3 is 1. The molecule has 0 amide bonds. The molecule has 1 unspecified atom stereocenters. The van der Waals surface area contributed by atoms with Crippen molar-refractivity contribution in [1.82, 2.24) is 20.2 Å². The summed E-state index contributed by atoms with van der Waals surface area (Å²) in [5, 5.41) is 11.0. The molecule has 4 fully saturated rings. The van der Waals surface area contributed by atoms with Crippen molar-refractivity contribution >= 4 is 17.6 Å². The van der Waals surface area contributed by atoms with Crippen molar-refractivity contribution in [3.8, 4) is 0 Å². The molecule has 7 heteroatoms. The van der Waals surface area contributed by atoms with Crippen LogP contribution in [-0.2, 0) is 4.74 Å². The predicted octanol–water partition coefficient (Wildman–Crippen LogP) is 6.83. The molecule has 6 rings (SSSR count). The van der Waals surface area contributed by atoms with Gasteiger partial charge in [-0.15, -0.1) is 0 Å². The van der Waals surface area contributed by atoms with Crippen LogP contribution >= 0.6 is 0 Å². The zero-order chi connectivity index (χ0) is 24.8. The molecule has 7 nitrogen and oxygen atoms in total. The molecule has 4 heterocycles. The summed E-state index contributed by atoms with van der Waals surface area (Å²) >= 11 is 0. The first-order valence-electron chi connectivity index (χ1n) is 13.9. The highest BCUT2D eigenvalue weighted by molar-refractivity contribution is 5.54. The fourth-order valence-corrected chi connectivity index (χ4v) is 6.28. The minimum Gasteiger partial charge on any atom is -0.381 e. The van der Waals surface area contributed by atoms with Crippen LogP contribution in [0.25, 0.3) is 0 Å². The first-order valence-corrected chi connectivity index (χ1v) is 13.9. The highest BCUT2D eigenvalue weighted by Crippen LogP contribution is 2.56. The molecule has 2 N–H and O–H groups in total. The summed E-state index contributed by atoms with van der Waals surface area (Å²) in [6.45, 7) is 10.1. The number of fused-ring (bicyclic) bond motifs is 1. The third kappa shape index (κ3) is 6.16. The average Bonchev–Trinajstić information content (AvgIpc) is 3.64. The van der Waals surface area contributed by atoms with Gasteiger partial charge >= 0.3 is 0 Å². The SMILES string of the molecule is CCC(C)CC12CC(C1)N(c1nccc(Nc3cc(C4CCCC4)[nH]n3)n1)C2.CCC(CC)OC. The molecule has 1 atom stereocenters. The van der Waals surface area contributed by atoms with E-state index in [1.54, 1.807) is 7.11 Å². The van der Waals surface area contributed by atoms with Crippen LogP contribution in [0.4, 0.5) is 17.6 Å². The molecule has 2 aromatic rings. The van der Waals surface area contributed by atoms with Gasteiger partial charge in [-0.05, 0) is 62.3 Å². The van der Waals surface area contributed by atoms with Gasteiger partial charge in [0.15, 0.2) is 5.82 Å². The van der Waals surface area contributed by atoms with Gasteiger partial charge in [0.25, 0.3) is 0 Å². The molecule has 194 valence electrons. The lowest BCUT2D eigenvalue weighted by Gasteiger charge is -2.38. The van der Waals surface area contributed by atoms with Gasteiger partial charge in [0.1, 0.15) is 5.82 Å². The maximum absolute atomic E-state index is 5.05. The largest absolute Gasteiger partial charge is 0.381 e. The number of aromatic amines is 1. The van der Waals surface area contributed by atoms with E-state index in [2.05, 4.69) is 59.2 Å². The van der Waals surface area contributed by atoms with Crippen LogP contribution in [0.15, 0.2) is 18.3 Å². The topological polar surface area (TPSA) is 79.0 Å². The second-order valence-corrected chi connectivity index (χ2v) is 11.1. The number of H-pyrrole nitrogens is 1. The zero-order valence-electron chi connectivity index (χ0n) is 22.5. The number of ether oxygens (including phenoxy) is 1. The van der Waals surface area contributed by atoms with E-state index < -0.39 is 0 Å². The van der Waals surface area contributed by atoms with E-state index in [0.29, 0.717) is 23.5 Å². The first kappa shape index (κ1) is 25.9. The van der Waals surface area contributed by atoms with Crippen LogP contribution in [-0.4, -0.2) is 46.0 Å². The van der Waals surface area contributed by atoms with Crippen LogP contribution in [0.3, 0.4) is 0 Å². The molecular formula is C28H46N6O. The summed E-state index contributed by atoms with van der Waals surface area (Å²) in [6.07, 6.45) is 15.0. The van der Waals surface area contributed by atoms with Gasteiger partial charge in [0, 0.05) is 43.6 Å². The van der Waals surface area contributed by atoms with Crippen LogP contribution in [0, 0.1) is 11.3 Å². The van der Waals surface area contributed by atoms with Crippen molar-refractivity contribution in [3.05, 3.63) is 24.0 Å². The second kappa shape index (κ2) is 11.7. The Morgan fingerprint density at radius 3 is 2.51 bits per heavy atom. The summed E-state index contributed by atoms with van der Waals surface area (Å²) in [7, 11) is 1.76. The molecule has 2 saturated heterocycles. The highest BCUT2D eigenvalue weighted by Gasteiger charge is 2.55. The van der Waals surface area contributed by atoms with E-state index in [0.717, 1.165) is 42.9 Å². The number of anilines is 3. The van der Waals surface area contributed by atoms with E-state index in [4.69, 9.17) is 9.72 Å². The Morgan fingerprint density at radius 1 is 1.14 bits per heavy atom. The maximum Gasteiger partial charge on any atom is 0.227 e. The van der Waals surface area contributed by atoms with Crippen molar-refractivity contribution in [1.29, 1.82) is 0 Å². The molecule has 0 aromatic carbocycles. The Labute approximate surface area is 211 Å². The van der Waals surface area contributed by atoms with Crippen molar-refractivity contribution in [2.24, 2.45) is 11.3 Å². The smallest absolute Gasteiger partial charge is 0.227 e. The third-order valence-electron chi connectivity index (χ3n) is 8.55. The number of hydrogen-bond donors (Lipinski definition) is 2. The average molecular weight is 483 g/mol. The summed E-state index contributed by atoms with van der Waals surface area (Å²) in [5.41, 5.74) is 1.76. The molecule has 2 aromatic heterocycles. The summed E-state index contributed by atoms with van der Waals surface area (Å²) < 4.78 is 5.05. The minimum absolute atomic E-state index is 0.486. The number of nitrogens with one attached hydrogen (secondary N) is 2. The van der Waals surface area contributed by atoms with Gasteiger partial charge < -0.3 is 15.0 Å². The van der Waals surface area contributed by atoms with Gasteiger partial charge in [0.05, 0.1) is 6.10 Å². The fraction of sp³-hybridized carbons (Fsp3) is 0.750. The van der Waals surface area contributed by atoms with E-state index in [1.807, 2.05) is 12.3 Å². The van der Waals surface area contributed by atoms with Crippen molar-refractivity contribution in [2.45, 2.75) is 110 Å². The Kier molecular flexibility index (Phi) is 8.68. The number of hydrogen-bond acceptors (Lipinski definition) is 6. The highest BCUT2D eigenvalue weighted by atomic mass is 16.5. The lowest BCUT2D eigenvalue weighted by molar-refractivity contribution is 0.0964. The van der Waals surface area contributed by atoms with Crippen molar-refractivity contribution < 1.29 is 4.74 Å². The van der Waals surface area contributed by atoms with E-state index in [9.17, 15) is 0 Å². The quantitative estimate of drug-likeness (QED) is 0.386. The maximum atomic E-state index is 5.05. The van der Waals surface area contributed by atoms with Gasteiger partial charge in [-0.25, -0.2) is 4.98 Å². The normalized spacial score (nSPS) is 24.3. The standard InChI is InChI=1S/C22H32N6.C6H14O/c1-3-15(2)11-22-12-17(13-22)28(14-22)21-23-9-8-19(25-21)24-20-10-18(26-27-20)16-6-4-5-7-16;1-4-6(5-2)7-3/h8-10,15-17H,3-7,11-14H2,1-2H3,(H2,23,24,25,26,27);6H,4-5H2,1-3H3. The van der Waals surface area contributed by atoms with Crippen LogP contribution < -0.4 is 10.2 Å². The van der Waals surface area contributed by atoms with E-state index in [-0.39, 0.29) is 0 Å². The van der Waals surface area contributed by atoms with Gasteiger partial charge in [-0.1, -0.05) is 47.0 Å². The van der Waals surface area contributed by atoms with Crippen LogP contribution in [0.5, 0.6) is 0 Å². The van der Waals surface area contributed by atoms with Crippen LogP contribution in [0.2, 0.25) is 0 Å². The Hall–Kier alpha value is -2.15. The number of nitrogens with zero attached hydrogens (tertiary/aromatic N) is 4. The molecule has 2 aliphatic carbocycles. The van der Waals surface area contributed by atoms with Crippen molar-refractivity contribution in [2.75, 3.05) is 23.9 Å². The number of rotatable bonds is 10. The third-order valence-corrected chi connectivity index (χ3v) is 8.55. The molecule has 2 aliphatic heterocycles. The van der Waals surface area contributed by atoms with Gasteiger partial charge in [-0.2, -0.15) is 10.1 Å². The fourth-order valence-electron chi connectivity index (χ4n) is 6.28. The molecule has 0 spiro atoms. The van der Waals surface area contributed by atoms with Crippen molar-refractivity contribution in [3.63, 3.8) is 0 Å². The monoisotopic (exact) mass is 482 g/mol. The summed E-state index contributed by atoms with van der Waals surface area (Å²) in [6, 6.07) is 4.70. The molecule has 2 bridgehead atoms. The molecule has 35 heavy (non-hydrogen) atoms. The Balaban J connectivity index is 0.000000364. The first-order chi connectivity index (χ1) is 17.0. The number of aromatic nitrogens is 4. The zero-order valence-corrected chi connectivity index (χ0v) is 22.5. The lowest BCUT2D eigenvalue weighted by Crippen LogP contribution is -2.36. The van der Waals surface area contributed by atoms with Crippen LogP contribution in [0.1, 0.15) is 104 Å². The van der Waals surface area contributed by atoms with Gasteiger partial charge in [0.2, 0.25) is 5.95 Å². The second-order valence-electron chi connectivity index (χ2n) is 11.1. The summed E-state index contributed by atoms with van der Waals surface area (Å²) in [4.78, 5) is 11.8. The lowest BCUT2D eigenvalue weighted by atomic mass is 9.65. The molecule has 0 radical (unpaired) electrons. The summed E-state index contributed by atoms with van der Waals surface area (Å²) in [5.74, 6) is 4.00. The molecule has 2 saturated carbocycles. The van der Waals surface area contributed by atoms with E-state index >= 15 is 0 Å². The Morgan fingerprint density at radius 2 is 1.89 bits per heavy atom. The molecule has 4 aliphatic rings. The van der Waals surface area contributed by atoms with E-state index in [1.165, 1.54) is 57.1 Å². The van der Waals surface area contributed by atoms with Gasteiger partial charge in [-0.3, -0.25) is 5.10 Å².